The Morgan fingerprint density at radius 1 is 1.14 bits per heavy atom. The van der Waals surface area contributed by atoms with Gasteiger partial charge in [0.05, 0.1) is 0 Å². The number of nitrogens with zero attached hydrogens (tertiary/aromatic N) is 2. The molecule has 1 unspecified atom stereocenters. The maximum absolute atomic E-state index is 5.59. The number of rotatable bonds is 5. The number of anilines is 1. The van der Waals surface area contributed by atoms with Crippen LogP contribution in [0.2, 0.25) is 0 Å². The Hall–Kier alpha value is -2.49. The number of nitrogens with two attached hydrogens (primary N) is 1. The number of ether oxygens (including phenoxy) is 1. The summed E-state index contributed by atoms with van der Waals surface area (Å²) in [5.74, 6) is 0. The van der Waals surface area contributed by atoms with E-state index >= 15 is 0 Å². The monoisotopic (exact) mass is 295 g/mol. The van der Waals surface area contributed by atoms with Crippen LogP contribution in [-0.4, -0.2) is 31.8 Å². The lowest BCUT2D eigenvalue weighted by atomic mass is 10.0. The van der Waals surface area contributed by atoms with E-state index in [4.69, 9.17) is 10.5 Å². The van der Waals surface area contributed by atoms with Crippen LogP contribution in [0.1, 0.15) is 6.92 Å². The summed E-state index contributed by atoms with van der Waals surface area (Å²) >= 11 is 0. The maximum atomic E-state index is 5.59. The molecule has 2 aromatic carbocycles. The fraction of sp³-hybridized carbons (Fsp3) is 0.278. The van der Waals surface area contributed by atoms with Crippen LogP contribution in [0.25, 0.3) is 11.1 Å². The van der Waals surface area contributed by atoms with E-state index in [1.54, 1.807) is 0 Å². The van der Waals surface area contributed by atoms with Crippen molar-refractivity contribution < 1.29 is 4.74 Å². The molecule has 1 heterocycles. The van der Waals surface area contributed by atoms with E-state index in [1.165, 1.54) is 16.8 Å². The van der Waals surface area contributed by atoms with Gasteiger partial charge in [-0.25, -0.2) is 4.99 Å². The summed E-state index contributed by atoms with van der Waals surface area (Å²) < 4.78 is 5.24. The molecule has 0 spiro atoms. The molecule has 4 heteroatoms. The molecule has 0 saturated heterocycles. The van der Waals surface area contributed by atoms with Crippen molar-refractivity contribution in [3.8, 4) is 11.1 Å². The average Bonchev–Trinajstić information content (AvgIpc) is 2.99. The van der Waals surface area contributed by atoms with Gasteiger partial charge in [-0.2, -0.15) is 0 Å². The highest BCUT2D eigenvalue weighted by Gasteiger charge is 2.19. The third-order valence-corrected chi connectivity index (χ3v) is 3.86. The van der Waals surface area contributed by atoms with Gasteiger partial charge in [-0.15, -0.1) is 0 Å². The topological polar surface area (TPSA) is 50.9 Å². The molecule has 0 saturated carbocycles. The van der Waals surface area contributed by atoms with E-state index in [0.29, 0.717) is 12.6 Å². The van der Waals surface area contributed by atoms with Gasteiger partial charge in [-0.1, -0.05) is 42.5 Å². The molecular formula is C18H21N3O. The molecule has 3 rings (SSSR count). The standard InChI is InChI=1S/C18H21N3O/c1-2-21(12-16-13-22-18(19)20-16)17-10-6-9-15(11-17)14-7-4-3-5-8-14/h3-11,16H,2,12-13H2,1H3,(H2,19,20). The summed E-state index contributed by atoms with van der Waals surface area (Å²) in [5, 5.41) is 0. The molecule has 0 amide bonds. The van der Waals surface area contributed by atoms with Gasteiger partial charge in [0, 0.05) is 18.8 Å². The minimum Gasteiger partial charge on any atom is -0.463 e. The fourth-order valence-electron chi connectivity index (χ4n) is 2.71. The third kappa shape index (κ3) is 3.22. The van der Waals surface area contributed by atoms with Gasteiger partial charge in [0.1, 0.15) is 12.6 Å². The predicted octanol–water partition coefficient (Wildman–Crippen LogP) is 2.89. The quantitative estimate of drug-likeness (QED) is 0.922. The number of benzene rings is 2. The van der Waals surface area contributed by atoms with Crippen LogP contribution in [0.3, 0.4) is 0 Å². The molecule has 0 bridgehead atoms. The first kappa shape index (κ1) is 14.4. The lowest BCUT2D eigenvalue weighted by Crippen LogP contribution is -2.32. The normalized spacial score (nSPS) is 17.0. The summed E-state index contributed by atoms with van der Waals surface area (Å²) in [6.07, 6.45) is 0. The number of aliphatic imine (C=N–C) groups is 1. The molecule has 22 heavy (non-hydrogen) atoms. The van der Waals surface area contributed by atoms with Crippen LogP contribution in [-0.2, 0) is 4.74 Å². The van der Waals surface area contributed by atoms with E-state index in [0.717, 1.165) is 13.1 Å². The lowest BCUT2D eigenvalue weighted by Gasteiger charge is -2.25. The molecule has 114 valence electrons. The highest BCUT2D eigenvalue weighted by atomic mass is 16.5. The van der Waals surface area contributed by atoms with Crippen molar-refractivity contribution in [2.75, 3.05) is 24.6 Å². The van der Waals surface area contributed by atoms with Gasteiger partial charge in [0.2, 0.25) is 0 Å². The van der Waals surface area contributed by atoms with Crippen molar-refractivity contribution in [3.63, 3.8) is 0 Å². The Morgan fingerprint density at radius 2 is 1.91 bits per heavy atom. The van der Waals surface area contributed by atoms with Gasteiger partial charge in [-0.05, 0) is 30.2 Å². The fourth-order valence-corrected chi connectivity index (χ4v) is 2.71. The molecule has 2 N–H and O–H groups in total. The number of hydrogen-bond acceptors (Lipinski definition) is 4. The van der Waals surface area contributed by atoms with Crippen LogP contribution in [0, 0.1) is 0 Å². The highest BCUT2D eigenvalue weighted by molar-refractivity contribution is 5.73. The second-order valence-electron chi connectivity index (χ2n) is 5.39. The first-order valence-electron chi connectivity index (χ1n) is 7.62. The van der Waals surface area contributed by atoms with Crippen molar-refractivity contribution in [3.05, 3.63) is 54.6 Å². The molecule has 1 atom stereocenters. The first-order valence-corrected chi connectivity index (χ1v) is 7.62. The van der Waals surface area contributed by atoms with E-state index < -0.39 is 0 Å². The molecule has 0 fully saturated rings. The molecule has 0 radical (unpaired) electrons. The molecule has 4 nitrogen and oxygen atoms in total. The average molecular weight is 295 g/mol. The molecule has 0 aliphatic carbocycles. The van der Waals surface area contributed by atoms with Gasteiger partial charge in [0.15, 0.2) is 0 Å². The van der Waals surface area contributed by atoms with Gasteiger partial charge >= 0.3 is 0 Å². The SMILES string of the molecule is CCN(CC1COC(N)=N1)c1cccc(-c2ccccc2)c1. The zero-order valence-corrected chi connectivity index (χ0v) is 12.8. The van der Waals surface area contributed by atoms with Crippen molar-refractivity contribution in [2.45, 2.75) is 13.0 Å². The summed E-state index contributed by atoms with van der Waals surface area (Å²) in [5.41, 5.74) is 9.24. The molecular weight excluding hydrogens is 274 g/mol. The molecule has 1 aliphatic heterocycles. The third-order valence-electron chi connectivity index (χ3n) is 3.86. The Labute approximate surface area is 131 Å². The Balaban J connectivity index is 1.80. The predicted molar refractivity (Wildman–Crippen MR) is 91.1 cm³/mol. The zero-order chi connectivity index (χ0) is 15.4. The smallest absolute Gasteiger partial charge is 0.282 e. The van der Waals surface area contributed by atoms with Crippen LogP contribution < -0.4 is 10.6 Å². The van der Waals surface area contributed by atoms with Crippen molar-refractivity contribution >= 4 is 11.7 Å². The van der Waals surface area contributed by atoms with Gasteiger partial charge in [-0.3, -0.25) is 0 Å². The first-order chi connectivity index (χ1) is 10.8. The molecule has 0 aromatic heterocycles. The minimum absolute atomic E-state index is 0.111. The van der Waals surface area contributed by atoms with Crippen LogP contribution in [0.15, 0.2) is 59.6 Å². The van der Waals surface area contributed by atoms with Crippen molar-refractivity contribution in [2.24, 2.45) is 10.7 Å². The number of amidine groups is 1. The Kier molecular flexibility index (Phi) is 4.28. The lowest BCUT2D eigenvalue weighted by molar-refractivity contribution is 0.313. The largest absolute Gasteiger partial charge is 0.463 e. The van der Waals surface area contributed by atoms with Crippen molar-refractivity contribution in [1.82, 2.24) is 0 Å². The van der Waals surface area contributed by atoms with E-state index in [-0.39, 0.29) is 6.04 Å². The number of hydrogen-bond donors (Lipinski definition) is 1. The van der Waals surface area contributed by atoms with E-state index in [1.807, 2.05) is 6.07 Å². The summed E-state index contributed by atoms with van der Waals surface area (Å²) in [6, 6.07) is 19.4. The van der Waals surface area contributed by atoms with Crippen molar-refractivity contribution in [1.29, 1.82) is 0 Å². The maximum Gasteiger partial charge on any atom is 0.282 e. The zero-order valence-electron chi connectivity index (χ0n) is 12.8. The van der Waals surface area contributed by atoms with Gasteiger partial charge in [0.25, 0.3) is 6.02 Å². The van der Waals surface area contributed by atoms with Crippen LogP contribution in [0.5, 0.6) is 0 Å². The number of likely N-dealkylation sites (N-methyl/N-ethyl adjacent to an activating group) is 1. The molecule has 2 aromatic rings. The van der Waals surface area contributed by atoms with Crippen LogP contribution in [0.4, 0.5) is 5.69 Å². The van der Waals surface area contributed by atoms with E-state index in [2.05, 4.69) is 65.3 Å². The summed E-state index contributed by atoms with van der Waals surface area (Å²) in [4.78, 5) is 6.62. The van der Waals surface area contributed by atoms with Crippen LogP contribution >= 0.6 is 0 Å². The van der Waals surface area contributed by atoms with E-state index in [9.17, 15) is 0 Å². The second kappa shape index (κ2) is 6.52. The minimum atomic E-state index is 0.111. The Bertz CT molecular complexity index is 654. The molecule has 1 aliphatic rings. The van der Waals surface area contributed by atoms with Gasteiger partial charge < -0.3 is 15.4 Å². The Morgan fingerprint density at radius 3 is 2.59 bits per heavy atom. The summed E-state index contributed by atoms with van der Waals surface area (Å²) in [7, 11) is 0. The highest BCUT2D eigenvalue weighted by Crippen LogP contribution is 2.25. The summed E-state index contributed by atoms with van der Waals surface area (Å²) in [6.45, 7) is 4.46. The second-order valence-corrected chi connectivity index (χ2v) is 5.39.